The Morgan fingerprint density at radius 2 is 1.44 bits per heavy atom. The largest absolute Gasteiger partial charge is 0.490 e. The summed E-state index contributed by atoms with van der Waals surface area (Å²) in [5, 5.41) is 34.4. The lowest BCUT2D eigenvalue weighted by atomic mass is 10.1. The molecule has 7 N–H and O–H groups in total. The molecule has 41 heavy (non-hydrogen) atoms. The third kappa shape index (κ3) is 9.54. The number of hydrogen-bond donors (Lipinski definition) is 6. The van der Waals surface area contributed by atoms with Crippen LogP contribution in [0.2, 0.25) is 0 Å². The molecule has 0 bridgehead atoms. The summed E-state index contributed by atoms with van der Waals surface area (Å²) in [6.45, 7) is 0. The lowest BCUT2D eigenvalue weighted by Gasteiger charge is -2.12. The lowest BCUT2D eigenvalue weighted by Crippen LogP contribution is -2.42. The highest BCUT2D eigenvalue weighted by Crippen LogP contribution is 2.24. The first-order chi connectivity index (χ1) is 19.1. The molecule has 3 rings (SSSR count). The zero-order valence-electron chi connectivity index (χ0n) is 20.5. The molecule has 0 aliphatic carbocycles. The molecule has 0 spiro atoms. The summed E-state index contributed by atoms with van der Waals surface area (Å²) >= 11 is 0. The average molecular weight is 579 g/mol. The number of hydrogen-bond acceptors (Lipinski definition) is 8. The molecule has 216 valence electrons. The van der Waals surface area contributed by atoms with Gasteiger partial charge in [0, 0.05) is 16.7 Å². The van der Waals surface area contributed by atoms with Crippen LogP contribution in [0, 0.1) is 5.41 Å². The summed E-state index contributed by atoms with van der Waals surface area (Å²) in [6.07, 6.45) is -5.84. The van der Waals surface area contributed by atoms with Crippen LogP contribution >= 0.6 is 0 Å². The van der Waals surface area contributed by atoms with E-state index in [-0.39, 0.29) is 22.9 Å². The van der Waals surface area contributed by atoms with Gasteiger partial charge in [-0.2, -0.15) is 13.2 Å². The number of halogens is 3. The highest BCUT2D eigenvalue weighted by atomic mass is 19.4. The number of benzene rings is 2. The maximum absolute atomic E-state index is 12.3. The molecular weight excluding hydrogens is 559 g/mol. The molecule has 1 heterocycles. The predicted octanol–water partition coefficient (Wildman–Crippen LogP) is 2.74. The van der Waals surface area contributed by atoms with Crippen LogP contribution in [0.5, 0.6) is 5.75 Å². The number of nitrogens with two attached hydrogens (primary N) is 1. The average Bonchev–Trinajstić information content (AvgIpc) is 3.39. The fourth-order valence-corrected chi connectivity index (χ4v) is 2.86. The highest BCUT2D eigenvalue weighted by molar-refractivity contribution is 5.98. The van der Waals surface area contributed by atoms with Gasteiger partial charge in [0.05, 0.1) is 6.42 Å². The fourth-order valence-electron chi connectivity index (χ4n) is 2.86. The fraction of sp³-hybridized carbons (Fsp3) is 0.120. The number of amides is 1. The monoisotopic (exact) mass is 579 g/mol. The molecule has 0 fully saturated rings. The van der Waals surface area contributed by atoms with Crippen molar-refractivity contribution in [2.24, 2.45) is 5.73 Å². The second-order valence-corrected chi connectivity index (χ2v) is 7.83. The Bertz CT molecular complexity index is 1450. The number of alkyl halides is 3. The number of carboxylic acids is 3. The standard InChI is InChI=1S/C23H19N3O8.C2HF3O2/c24-20(25)13-5-7-15(8-6-13)33-23(32)18-10-9-17(34-18)12-1-3-14(4-2-12)21(29)26-16(22(30)31)11-19(27)28;3-2(4,5)1(6)7/h1-10,16H,11H2,(H3,24,25)(H,26,29)(H,27,28)(H,30,31);(H,6,7)/t16-;/m0./s1. The minimum absolute atomic E-state index is 0.0644. The van der Waals surface area contributed by atoms with Gasteiger partial charge in [0.15, 0.2) is 0 Å². The summed E-state index contributed by atoms with van der Waals surface area (Å²) in [5.41, 5.74) is 6.51. The first kappa shape index (κ1) is 31.5. The molecule has 0 radical (unpaired) electrons. The zero-order chi connectivity index (χ0) is 30.9. The van der Waals surface area contributed by atoms with Crippen LogP contribution in [0.4, 0.5) is 13.2 Å². The third-order valence-corrected chi connectivity index (χ3v) is 4.84. The van der Waals surface area contributed by atoms with Gasteiger partial charge in [0.1, 0.15) is 23.4 Å². The number of furan rings is 1. The second kappa shape index (κ2) is 13.4. The Hall–Kier alpha value is -5.67. The molecule has 0 saturated carbocycles. The Balaban J connectivity index is 0.000000745. The van der Waals surface area contributed by atoms with Crippen LogP contribution in [0.3, 0.4) is 0 Å². The van der Waals surface area contributed by atoms with Crippen LogP contribution in [-0.4, -0.2) is 63.2 Å². The number of ether oxygens (including phenoxy) is 1. The van der Waals surface area contributed by atoms with E-state index in [1.807, 2.05) is 0 Å². The normalized spacial score (nSPS) is 11.3. The van der Waals surface area contributed by atoms with Crippen molar-refractivity contribution in [2.75, 3.05) is 0 Å². The van der Waals surface area contributed by atoms with Gasteiger partial charge in [0.25, 0.3) is 5.91 Å². The number of esters is 1. The zero-order valence-corrected chi connectivity index (χ0v) is 20.5. The van der Waals surface area contributed by atoms with Gasteiger partial charge >= 0.3 is 30.1 Å². The number of carbonyl (C=O) groups excluding carboxylic acids is 2. The molecule has 0 unspecified atom stereocenters. The van der Waals surface area contributed by atoms with Crippen LogP contribution in [-0.2, 0) is 14.4 Å². The van der Waals surface area contributed by atoms with Crippen molar-refractivity contribution in [1.29, 1.82) is 5.41 Å². The molecule has 2 aromatic carbocycles. The Kier molecular flexibility index (Phi) is 10.3. The van der Waals surface area contributed by atoms with E-state index in [1.165, 1.54) is 60.7 Å². The van der Waals surface area contributed by atoms with E-state index in [0.29, 0.717) is 16.9 Å². The van der Waals surface area contributed by atoms with Crippen molar-refractivity contribution in [1.82, 2.24) is 5.32 Å². The Morgan fingerprint density at radius 1 is 0.902 bits per heavy atom. The number of amidine groups is 1. The van der Waals surface area contributed by atoms with Crippen molar-refractivity contribution >= 4 is 35.6 Å². The second-order valence-electron chi connectivity index (χ2n) is 7.83. The SMILES string of the molecule is N=C(N)c1ccc(OC(=O)c2ccc(-c3ccc(C(=O)N[C@@H](CC(=O)O)C(=O)O)cc3)o2)cc1.O=C(O)C(F)(F)F. The van der Waals surface area contributed by atoms with E-state index in [9.17, 15) is 32.3 Å². The summed E-state index contributed by atoms with van der Waals surface area (Å²) in [7, 11) is 0. The topological polar surface area (TPSA) is 230 Å². The number of nitrogens with one attached hydrogen (secondary N) is 2. The quantitative estimate of drug-likeness (QED) is 0.0934. The molecule has 13 nitrogen and oxygen atoms in total. The minimum Gasteiger partial charge on any atom is -0.481 e. The minimum atomic E-state index is -5.08. The molecule has 0 aliphatic heterocycles. The molecule has 1 aromatic heterocycles. The molecule has 0 saturated heterocycles. The van der Waals surface area contributed by atoms with E-state index >= 15 is 0 Å². The number of rotatable bonds is 9. The number of aliphatic carboxylic acids is 3. The summed E-state index contributed by atoms with van der Waals surface area (Å²) in [6, 6.07) is 13.3. The maximum atomic E-state index is 12.3. The van der Waals surface area contributed by atoms with Crippen LogP contribution < -0.4 is 15.8 Å². The molecule has 1 amide bonds. The summed E-state index contributed by atoms with van der Waals surface area (Å²) < 4.78 is 42.5. The van der Waals surface area contributed by atoms with Gasteiger partial charge in [-0.25, -0.2) is 14.4 Å². The van der Waals surface area contributed by atoms with E-state index in [2.05, 4.69) is 5.32 Å². The van der Waals surface area contributed by atoms with Gasteiger partial charge in [-0.1, -0.05) is 12.1 Å². The molecule has 3 aromatic rings. The van der Waals surface area contributed by atoms with E-state index in [0.717, 1.165) is 0 Å². The molecule has 16 heteroatoms. The van der Waals surface area contributed by atoms with Crippen molar-refractivity contribution in [3.05, 3.63) is 77.6 Å². The predicted molar refractivity (Wildman–Crippen MR) is 131 cm³/mol. The van der Waals surface area contributed by atoms with Gasteiger partial charge in [0.2, 0.25) is 5.76 Å². The number of carboxylic acid groups (broad SMARTS) is 3. The van der Waals surface area contributed by atoms with E-state index < -0.39 is 48.4 Å². The van der Waals surface area contributed by atoms with Crippen molar-refractivity contribution in [2.45, 2.75) is 18.6 Å². The van der Waals surface area contributed by atoms with Gasteiger partial charge in [-0.05, 0) is 48.5 Å². The van der Waals surface area contributed by atoms with Gasteiger partial charge < -0.3 is 35.5 Å². The first-order valence-electron chi connectivity index (χ1n) is 11.0. The van der Waals surface area contributed by atoms with Crippen LogP contribution in [0.15, 0.2) is 65.1 Å². The third-order valence-electron chi connectivity index (χ3n) is 4.84. The molecule has 1 atom stereocenters. The lowest BCUT2D eigenvalue weighted by molar-refractivity contribution is -0.192. The summed E-state index contributed by atoms with van der Waals surface area (Å²) in [5.74, 6) is -6.68. The highest BCUT2D eigenvalue weighted by Gasteiger charge is 2.38. The van der Waals surface area contributed by atoms with Crippen molar-refractivity contribution in [3.8, 4) is 17.1 Å². The van der Waals surface area contributed by atoms with Gasteiger partial charge in [-0.15, -0.1) is 0 Å². The Morgan fingerprint density at radius 3 is 1.90 bits per heavy atom. The molecular formula is C25H20F3N3O10. The van der Waals surface area contributed by atoms with Crippen molar-refractivity contribution in [3.63, 3.8) is 0 Å². The molecule has 0 aliphatic rings. The van der Waals surface area contributed by atoms with Crippen molar-refractivity contribution < 1.29 is 61.6 Å². The maximum Gasteiger partial charge on any atom is 0.490 e. The van der Waals surface area contributed by atoms with Gasteiger partial charge in [-0.3, -0.25) is 15.0 Å². The smallest absolute Gasteiger partial charge is 0.481 e. The first-order valence-corrected chi connectivity index (χ1v) is 11.0. The number of carbonyl (C=O) groups is 5. The Labute approximate surface area is 227 Å². The number of nitrogen functional groups attached to an aromatic ring is 1. The van der Waals surface area contributed by atoms with Crippen LogP contribution in [0.25, 0.3) is 11.3 Å². The van der Waals surface area contributed by atoms with Crippen LogP contribution in [0.1, 0.15) is 32.9 Å². The summed E-state index contributed by atoms with van der Waals surface area (Å²) in [4.78, 5) is 55.3. The van der Waals surface area contributed by atoms with E-state index in [1.54, 1.807) is 0 Å². The van der Waals surface area contributed by atoms with E-state index in [4.69, 9.17) is 40.4 Å².